The molecule has 18 heteroatoms. The van der Waals surface area contributed by atoms with E-state index in [4.69, 9.17) is 11.5 Å². The standard InChI is InChI=1S/C29H51N9O8S/c1-19(2)13-25(42)35-16-27(44)37-21(7-11-47-12-8-24(41)34-15-26(43)33-14-23(31)40)29(46)38-10-4-6-22(38)28(45)36-20(17-39)5-3-9-32-18-30/h18-22,39H,3-17H2,1-2H3,(H2,30,32)(H2,31,40)(H,33,43)(H,34,41)(H,35,42)(H,36,45)(H,37,44)/t20-,21+,22+/m1/s1. The minimum Gasteiger partial charge on any atom is -0.394 e. The number of thioether (sulfide) groups is 1. The number of nitrogens with two attached hydrogens (primary N) is 2. The lowest BCUT2D eigenvalue weighted by molar-refractivity contribution is -0.141. The molecule has 0 bridgehead atoms. The van der Waals surface area contributed by atoms with Gasteiger partial charge in [-0.2, -0.15) is 11.8 Å². The van der Waals surface area contributed by atoms with Gasteiger partial charge in [-0.3, -0.25) is 38.6 Å². The summed E-state index contributed by atoms with van der Waals surface area (Å²) in [5, 5.41) is 22.5. The minimum absolute atomic E-state index is 0.0829. The number of hydrogen-bond donors (Lipinski definition) is 8. The molecule has 0 aromatic heterocycles. The molecule has 1 aliphatic heterocycles. The molecule has 0 aliphatic carbocycles. The average Bonchev–Trinajstić information content (AvgIpc) is 3.52. The summed E-state index contributed by atoms with van der Waals surface area (Å²) < 4.78 is 0. The molecule has 1 aliphatic rings. The third kappa shape index (κ3) is 18.1. The van der Waals surface area contributed by atoms with Crippen LogP contribution in [-0.4, -0.2) is 127 Å². The van der Waals surface area contributed by atoms with Crippen molar-refractivity contribution >= 4 is 59.5 Å². The molecular formula is C29H51N9O8S. The van der Waals surface area contributed by atoms with Gasteiger partial charge in [0.2, 0.25) is 41.4 Å². The van der Waals surface area contributed by atoms with Gasteiger partial charge in [0.25, 0.3) is 0 Å². The van der Waals surface area contributed by atoms with Crippen molar-refractivity contribution in [2.75, 3.05) is 50.8 Å². The molecule has 0 saturated carbocycles. The van der Waals surface area contributed by atoms with E-state index in [1.54, 1.807) is 0 Å². The van der Waals surface area contributed by atoms with Crippen LogP contribution < -0.4 is 38.1 Å². The molecule has 1 rings (SSSR count). The van der Waals surface area contributed by atoms with Crippen LogP contribution in [0.5, 0.6) is 0 Å². The van der Waals surface area contributed by atoms with E-state index in [1.165, 1.54) is 23.0 Å². The highest BCUT2D eigenvalue weighted by atomic mass is 32.2. The number of nitrogens with zero attached hydrogens (tertiary/aromatic N) is 2. The molecule has 10 N–H and O–H groups in total. The van der Waals surface area contributed by atoms with E-state index in [2.05, 4.69) is 31.6 Å². The van der Waals surface area contributed by atoms with Crippen LogP contribution in [0.1, 0.15) is 58.8 Å². The zero-order valence-electron chi connectivity index (χ0n) is 27.3. The summed E-state index contributed by atoms with van der Waals surface area (Å²) in [6.45, 7) is 3.28. The average molecular weight is 686 g/mol. The van der Waals surface area contributed by atoms with Crippen LogP contribution in [0, 0.1) is 5.92 Å². The molecule has 7 amide bonds. The number of carbonyl (C=O) groups is 7. The molecule has 0 unspecified atom stereocenters. The summed E-state index contributed by atoms with van der Waals surface area (Å²) in [5.41, 5.74) is 10.2. The van der Waals surface area contributed by atoms with Crippen molar-refractivity contribution in [3.63, 3.8) is 0 Å². The smallest absolute Gasteiger partial charge is 0.245 e. The Hall–Kier alpha value is -3.93. The second kappa shape index (κ2) is 23.4. The summed E-state index contributed by atoms with van der Waals surface area (Å²) in [6, 6.07) is -2.28. The molecule has 0 aromatic carbocycles. The van der Waals surface area contributed by atoms with E-state index in [9.17, 15) is 38.7 Å². The largest absolute Gasteiger partial charge is 0.394 e. The lowest BCUT2D eigenvalue weighted by Crippen LogP contribution is -2.55. The van der Waals surface area contributed by atoms with Crippen molar-refractivity contribution in [3.05, 3.63) is 0 Å². The molecule has 0 radical (unpaired) electrons. The predicted octanol–water partition coefficient (Wildman–Crippen LogP) is -2.90. The SMILES string of the molecule is CC(C)CC(=O)NCC(=O)N[C@@H](CCSCCC(=O)NCC(=O)NCC(N)=O)C(=O)N1CCC[C@H]1C(=O)N[C@@H](CO)CCCN=CN. The van der Waals surface area contributed by atoms with Crippen molar-refractivity contribution in [3.8, 4) is 0 Å². The van der Waals surface area contributed by atoms with Gasteiger partial charge >= 0.3 is 0 Å². The third-order valence-corrected chi connectivity index (χ3v) is 7.97. The van der Waals surface area contributed by atoms with Gasteiger partial charge in [0, 0.05) is 31.7 Å². The number of aliphatic hydroxyl groups excluding tert-OH is 1. The minimum atomic E-state index is -0.990. The monoisotopic (exact) mass is 685 g/mol. The van der Waals surface area contributed by atoms with Crippen molar-refractivity contribution in [2.45, 2.75) is 76.9 Å². The summed E-state index contributed by atoms with van der Waals surface area (Å²) in [7, 11) is 0. The quantitative estimate of drug-likeness (QED) is 0.0309. The number of carbonyl (C=O) groups excluding carboxylic acids is 7. The number of aliphatic imine (C=N–C) groups is 1. The summed E-state index contributed by atoms with van der Waals surface area (Å²) in [4.78, 5) is 91.5. The van der Waals surface area contributed by atoms with Crippen LogP contribution in [0.3, 0.4) is 0 Å². The Bertz CT molecular complexity index is 1090. The predicted molar refractivity (Wildman–Crippen MR) is 177 cm³/mol. The third-order valence-electron chi connectivity index (χ3n) is 6.95. The topological polar surface area (TPSA) is 268 Å². The van der Waals surface area contributed by atoms with Gasteiger partial charge in [-0.05, 0) is 43.8 Å². The van der Waals surface area contributed by atoms with Crippen LogP contribution in [0.25, 0.3) is 0 Å². The first-order chi connectivity index (χ1) is 22.4. The molecular weight excluding hydrogens is 634 g/mol. The number of primary amides is 1. The number of amides is 7. The van der Waals surface area contributed by atoms with Gasteiger partial charge in [0.05, 0.1) is 38.6 Å². The maximum Gasteiger partial charge on any atom is 0.245 e. The number of likely N-dealkylation sites (tertiary alicyclic amines) is 1. The summed E-state index contributed by atoms with van der Waals surface area (Å²) >= 11 is 1.36. The molecule has 1 fully saturated rings. The Morgan fingerprint density at radius 1 is 0.936 bits per heavy atom. The van der Waals surface area contributed by atoms with E-state index in [0.29, 0.717) is 50.3 Å². The maximum atomic E-state index is 13.7. The molecule has 266 valence electrons. The Morgan fingerprint density at radius 3 is 2.28 bits per heavy atom. The number of hydrogen-bond acceptors (Lipinski definition) is 10. The molecule has 17 nitrogen and oxygen atoms in total. The fraction of sp³-hybridized carbons (Fsp3) is 0.724. The van der Waals surface area contributed by atoms with Gasteiger partial charge in [0.15, 0.2) is 0 Å². The summed E-state index contributed by atoms with van der Waals surface area (Å²) in [5.74, 6) is -2.48. The van der Waals surface area contributed by atoms with Gasteiger partial charge < -0.3 is 48.1 Å². The number of rotatable bonds is 23. The maximum absolute atomic E-state index is 13.7. The second-order valence-corrected chi connectivity index (χ2v) is 12.7. The molecule has 0 aromatic rings. The van der Waals surface area contributed by atoms with E-state index in [-0.39, 0.29) is 63.2 Å². The van der Waals surface area contributed by atoms with Gasteiger partial charge in [-0.25, -0.2) is 0 Å². The molecule has 1 saturated heterocycles. The molecule has 1 heterocycles. The second-order valence-electron chi connectivity index (χ2n) is 11.4. The van der Waals surface area contributed by atoms with Crippen LogP contribution in [0.2, 0.25) is 0 Å². The first-order valence-electron chi connectivity index (χ1n) is 15.7. The highest BCUT2D eigenvalue weighted by Crippen LogP contribution is 2.20. The van der Waals surface area contributed by atoms with Crippen LogP contribution in [0.15, 0.2) is 4.99 Å². The van der Waals surface area contributed by atoms with E-state index in [0.717, 1.165) is 0 Å². The van der Waals surface area contributed by atoms with Gasteiger partial charge in [-0.1, -0.05) is 13.8 Å². The molecule has 3 atom stereocenters. The Kier molecular flexibility index (Phi) is 20.5. The fourth-order valence-electron chi connectivity index (χ4n) is 4.62. The van der Waals surface area contributed by atoms with Gasteiger partial charge in [-0.15, -0.1) is 0 Å². The van der Waals surface area contributed by atoms with Crippen molar-refractivity contribution in [2.24, 2.45) is 22.4 Å². The fourth-order valence-corrected chi connectivity index (χ4v) is 5.56. The Labute approximate surface area is 279 Å². The highest BCUT2D eigenvalue weighted by molar-refractivity contribution is 7.99. The zero-order valence-corrected chi connectivity index (χ0v) is 28.1. The number of nitrogens with one attached hydrogen (secondary N) is 5. The first-order valence-corrected chi connectivity index (χ1v) is 16.9. The molecule has 47 heavy (non-hydrogen) atoms. The lowest BCUT2D eigenvalue weighted by Gasteiger charge is -2.30. The molecule has 0 spiro atoms. The first kappa shape index (κ1) is 41.1. The van der Waals surface area contributed by atoms with Crippen LogP contribution in [0.4, 0.5) is 0 Å². The lowest BCUT2D eigenvalue weighted by atomic mass is 10.1. The van der Waals surface area contributed by atoms with E-state index < -0.39 is 47.7 Å². The Morgan fingerprint density at radius 2 is 1.62 bits per heavy atom. The van der Waals surface area contributed by atoms with Crippen LogP contribution in [-0.2, 0) is 33.6 Å². The van der Waals surface area contributed by atoms with E-state index in [1.807, 2.05) is 13.8 Å². The van der Waals surface area contributed by atoms with Crippen LogP contribution >= 0.6 is 11.8 Å². The highest BCUT2D eigenvalue weighted by Gasteiger charge is 2.38. The van der Waals surface area contributed by atoms with Crippen molar-refractivity contribution < 1.29 is 38.7 Å². The normalized spacial score (nSPS) is 15.6. The van der Waals surface area contributed by atoms with E-state index >= 15 is 0 Å². The number of aliphatic hydroxyl groups is 1. The Balaban J connectivity index is 2.78. The zero-order chi connectivity index (χ0) is 35.2. The van der Waals surface area contributed by atoms with Gasteiger partial charge in [0.1, 0.15) is 12.1 Å². The van der Waals surface area contributed by atoms with Crippen molar-refractivity contribution in [1.29, 1.82) is 0 Å². The summed E-state index contributed by atoms with van der Waals surface area (Å²) in [6.07, 6.45) is 3.78. The van der Waals surface area contributed by atoms with Crippen molar-refractivity contribution in [1.82, 2.24) is 31.5 Å².